The van der Waals surface area contributed by atoms with Crippen LogP contribution in [0.15, 0.2) is 41.3 Å². The summed E-state index contributed by atoms with van der Waals surface area (Å²) in [6, 6.07) is 6.62. The van der Waals surface area contributed by atoms with E-state index in [-0.39, 0.29) is 4.90 Å². The smallest absolute Gasteiger partial charge is 0.261 e. The van der Waals surface area contributed by atoms with Gasteiger partial charge in [0.25, 0.3) is 10.0 Å². The molecule has 0 saturated heterocycles. The van der Waals surface area contributed by atoms with Gasteiger partial charge in [-0.05, 0) is 36.4 Å². The van der Waals surface area contributed by atoms with Crippen LogP contribution in [0.1, 0.15) is 0 Å². The van der Waals surface area contributed by atoms with Crippen molar-refractivity contribution in [3.8, 4) is 0 Å². The quantitative estimate of drug-likeness (QED) is 0.458. The maximum absolute atomic E-state index is 13.5. The minimum atomic E-state index is -4.14. The second-order valence-corrected chi connectivity index (χ2v) is 5.68. The van der Waals surface area contributed by atoms with Crippen LogP contribution in [0.4, 0.5) is 24.5 Å². The standard InChI is InChI=1S/C12H10F3N3O2S/c13-9-5-6-10(12(15)11(9)14)18-21(19,20)8-3-1-7(17-16)2-4-8/h1-6,17-18H,16H2. The summed E-state index contributed by atoms with van der Waals surface area (Å²) in [5.41, 5.74) is 2.09. The molecule has 9 heteroatoms. The molecule has 0 radical (unpaired) electrons. The molecule has 0 unspecified atom stereocenters. The van der Waals surface area contributed by atoms with E-state index in [0.29, 0.717) is 11.8 Å². The molecule has 2 aromatic rings. The van der Waals surface area contributed by atoms with Crippen molar-refractivity contribution in [2.75, 3.05) is 10.1 Å². The summed E-state index contributed by atoms with van der Waals surface area (Å²) in [5.74, 6) is 0.369. The monoisotopic (exact) mass is 317 g/mol. The number of hydrogen-bond donors (Lipinski definition) is 3. The van der Waals surface area contributed by atoms with Gasteiger partial charge in [-0.25, -0.2) is 21.6 Å². The van der Waals surface area contributed by atoms with Gasteiger partial charge in [-0.3, -0.25) is 10.6 Å². The molecule has 0 bridgehead atoms. The largest absolute Gasteiger partial charge is 0.324 e. The average molecular weight is 317 g/mol. The molecule has 21 heavy (non-hydrogen) atoms. The second-order valence-electron chi connectivity index (χ2n) is 4.00. The molecule has 2 rings (SSSR count). The second kappa shape index (κ2) is 5.62. The van der Waals surface area contributed by atoms with Gasteiger partial charge in [0, 0.05) is 5.69 Å². The summed E-state index contributed by atoms with van der Waals surface area (Å²) in [4.78, 5) is -0.189. The average Bonchev–Trinajstić information content (AvgIpc) is 2.48. The van der Waals surface area contributed by atoms with Gasteiger partial charge < -0.3 is 5.43 Å². The molecule has 0 aliphatic rings. The molecule has 0 heterocycles. The van der Waals surface area contributed by atoms with Crippen LogP contribution >= 0.6 is 0 Å². The fourth-order valence-corrected chi connectivity index (χ4v) is 2.60. The zero-order chi connectivity index (χ0) is 15.6. The van der Waals surface area contributed by atoms with Gasteiger partial charge in [-0.1, -0.05) is 0 Å². The molecule has 0 saturated carbocycles. The molecule has 5 nitrogen and oxygen atoms in total. The summed E-state index contributed by atoms with van der Waals surface area (Å²) >= 11 is 0. The van der Waals surface area contributed by atoms with Gasteiger partial charge >= 0.3 is 0 Å². The maximum atomic E-state index is 13.5. The SMILES string of the molecule is NNc1ccc(S(=O)(=O)Nc2ccc(F)c(F)c2F)cc1. The Kier molecular flexibility index (Phi) is 4.05. The first-order valence-corrected chi connectivity index (χ1v) is 7.06. The summed E-state index contributed by atoms with van der Waals surface area (Å²) in [5, 5.41) is 0. The van der Waals surface area contributed by atoms with Gasteiger partial charge in [0.05, 0.1) is 10.6 Å². The number of nitrogens with two attached hydrogens (primary N) is 1. The molecular weight excluding hydrogens is 307 g/mol. The Morgan fingerprint density at radius 2 is 1.52 bits per heavy atom. The van der Waals surface area contributed by atoms with Gasteiger partial charge in [0.15, 0.2) is 17.5 Å². The Morgan fingerprint density at radius 1 is 0.905 bits per heavy atom. The van der Waals surface area contributed by atoms with Gasteiger partial charge in [-0.15, -0.1) is 0 Å². The Balaban J connectivity index is 2.35. The van der Waals surface area contributed by atoms with Crippen molar-refractivity contribution in [1.29, 1.82) is 0 Å². The summed E-state index contributed by atoms with van der Waals surface area (Å²) < 4.78 is 65.2. The van der Waals surface area contributed by atoms with Crippen molar-refractivity contribution in [2.45, 2.75) is 4.90 Å². The zero-order valence-corrected chi connectivity index (χ0v) is 11.2. The lowest BCUT2D eigenvalue weighted by Gasteiger charge is -2.10. The van der Waals surface area contributed by atoms with E-state index in [1.54, 1.807) is 0 Å². The van der Waals surface area contributed by atoms with Crippen molar-refractivity contribution in [2.24, 2.45) is 5.84 Å². The highest BCUT2D eigenvalue weighted by Crippen LogP contribution is 2.23. The highest BCUT2D eigenvalue weighted by atomic mass is 32.2. The third kappa shape index (κ3) is 3.09. The molecule has 0 spiro atoms. The van der Waals surface area contributed by atoms with Crippen LogP contribution < -0.4 is 16.0 Å². The third-order valence-electron chi connectivity index (χ3n) is 2.61. The van der Waals surface area contributed by atoms with Crippen molar-refractivity contribution in [3.05, 3.63) is 53.8 Å². The van der Waals surface area contributed by atoms with Gasteiger partial charge in [0.2, 0.25) is 0 Å². The van der Waals surface area contributed by atoms with Crippen LogP contribution in [-0.4, -0.2) is 8.42 Å². The minimum absolute atomic E-state index is 0.189. The molecular formula is C12H10F3N3O2S. The van der Waals surface area contributed by atoms with Crippen molar-refractivity contribution in [3.63, 3.8) is 0 Å². The van der Waals surface area contributed by atoms with Crippen LogP contribution in [0.3, 0.4) is 0 Å². The molecule has 0 fully saturated rings. The fraction of sp³-hybridized carbons (Fsp3) is 0. The number of anilines is 2. The zero-order valence-electron chi connectivity index (χ0n) is 10.4. The number of hydrogen-bond acceptors (Lipinski definition) is 4. The minimum Gasteiger partial charge on any atom is -0.324 e. The normalized spacial score (nSPS) is 11.2. The summed E-state index contributed by atoms with van der Waals surface area (Å²) in [6.45, 7) is 0. The Morgan fingerprint density at radius 3 is 2.10 bits per heavy atom. The van der Waals surface area contributed by atoms with Gasteiger partial charge in [0.1, 0.15) is 0 Å². The number of hydrazine groups is 1. The summed E-state index contributed by atoms with van der Waals surface area (Å²) in [7, 11) is -4.14. The van der Waals surface area contributed by atoms with E-state index >= 15 is 0 Å². The van der Waals surface area contributed by atoms with Crippen molar-refractivity contribution >= 4 is 21.4 Å². The molecule has 0 aromatic heterocycles. The van der Waals surface area contributed by atoms with Crippen LogP contribution in [0.25, 0.3) is 0 Å². The predicted octanol–water partition coefficient (Wildman–Crippen LogP) is 2.19. The lowest BCUT2D eigenvalue weighted by molar-refractivity contribution is 0.449. The number of rotatable bonds is 4. The highest BCUT2D eigenvalue weighted by Gasteiger charge is 2.19. The van der Waals surface area contributed by atoms with E-state index in [9.17, 15) is 21.6 Å². The van der Waals surface area contributed by atoms with E-state index in [4.69, 9.17) is 5.84 Å². The molecule has 0 atom stereocenters. The Labute approximate surface area is 118 Å². The predicted molar refractivity (Wildman–Crippen MR) is 71.4 cm³/mol. The van der Waals surface area contributed by atoms with Crippen LogP contribution in [-0.2, 0) is 10.0 Å². The first kappa shape index (κ1) is 15.1. The van der Waals surface area contributed by atoms with Crippen molar-refractivity contribution in [1.82, 2.24) is 0 Å². The van der Waals surface area contributed by atoms with E-state index in [2.05, 4.69) is 5.43 Å². The van der Waals surface area contributed by atoms with Crippen molar-refractivity contribution < 1.29 is 21.6 Å². The Bertz CT molecular complexity index is 764. The molecule has 0 aliphatic heterocycles. The number of nitrogens with one attached hydrogen (secondary N) is 2. The van der Waals surface area contributed by atoms with Crippen LogP contribution in [0.2, 0.25) is 0 Å². The summed E-state index contributed by atoms with van der Waals surface area (Å²) in [6.07, 6.45) is 0. The molecule has 2 aromatic carbocycles. The maximum Gasteiger partial charge on any atom is 0.261 e. The molecule has 0 aliphatic carbocycles. The van der Waals surface area contributed by atoms with E-state index in [1.807, 2.05) is 4.72 Å². The molecule has 4 N–H and O–H groups in total. The molecule has 112 valence electrons. The number of sulfonamides is 1. The Hall–Kier alpha value is -2.26. The molecule has 0 amide bonds. The number of halogens is 3. The van der Waals surface area contributed by atoms with Crippen LogP contribution in [0, 0.1) is 17.5 Å². The third-order valence-corrected chi connectivity index (χ3v) is 3.99. The number of benzene rings is 2. The van der Waals surface area contributed by atoms with E-state index in [0.717, 1.165) is 6.07 Å². The topological polar surface area (TPSA) is 84.2 Å². The highest BCUT2D eigenvalue weighted by molar-refractivity contribution is 7.92. The van der Waals surface area contributed by atoms with E-state index < -0.39 is 33.2 Å². The first-order chi connectivity index (χ1) is 9.85. The van der Waals surface area contributed by atoms with Gasteiger partial charge in [-0.2, -0.15) is 0 Å². The number of nitrogen functional groups attached to an aromatic ring is 1. The fourth-order valence-electron chi connectivity index (χ4n) is 1.54. The first-order valence-electron chi connectivity index (χ1n) is 5.58. The van der Waals surface area contributed by atoms with E-state index in [1.165, 1.54) is 24.3 Å². The van der Waals surface area contributed by atoms with Crippen LogP contribution in [0.5, 0.6) is 0 Å². The lowest BCUT2D eigenvalue weighted by Crippen LogP contribution is -2.15. The lowest BCUT2D eigenvalue weighted by atomic mass is 10.3.